The van der Waals surface area contributed by atoms with E-state index in [2.05, 4.69) is 15.5 Å². The zero-order chi connectivity index (χ0) is 22.9. The van der Waals surface area contributed by atoms with Crippen LogP contribution < -0.4 is 10.6 Å². The monoisotopic (exact) mass is 457 g/mol. The second-order valence-electron chi connectivity index (χ2n) is 8.13. The number of amides is 2. The molecule has 2 aromatic carbocycles. The van der Waals surface area contributed by atoms with Gasteiger partial charge in [-0.1, -0.05) is 68.3 Å². The molecule has 0 aliphatic carbocycles. The Morgan fingerprint density at radius 3 is 2.38 bits per heavy atom. The first-order chi connectivity index (χ1) is 15.5. The molecule has 1 saturated heterocycles. The molecule has 3 rings (SSSR count). The van der Waals surface area contributed by atoms with Crippen molar-refractivity contribution in [2.75, 3.05) is 32.8 Å². The minimum atomic E-state index is -0.621. The molecule has 3 unspecified atom stereocenters. The smallest absolute Gasteiger partial charge is 0.251 e. The first-order valence-corrected chi connectivity index (χ1v) is 11.6. The molecular weight excluding hydrogens is 426 g/mol. The lowest BCUT2D eigenvalue weighted by atomic mass is 9.97. The van der Waals surface area contributed by atoms with Crippen LogP contribution in [0.5, 0.6) is 0 Å². The molecule has 0 radical (unpaired) electrons. The Morgan fingerprint density at radius 2 is 1.72 bits per heavy atom. The lowest BCUT2D eigenvalue weighted by molar-refractivity contribution is -0.124. The highest BCUT2D eigenvalue weighted by Crippen LogP contribution is 2.28. The fraction of sp³-hybridized carbons (Fsp3) is 0.440. The molecule has 1 fully saturated rings. The van der Waals surface area contributed by atoms with Crippen LogP contribution in [0.3, 0.4) is 0 Å². The summed E-state index contributed by atoms with van der Waals surface area (Å²) >= 11 is 6.50. The molecule has 0 saturated carbocycles. The molecule has 172 valence electrons. The summed E-state index contributed by atoms with van der Waals surface area (Å²) in [6.45, 7) is 7.23. The van der Waals surface area contributed by atoms with E-state index in [-0.39, 0.29) is 23.8 Å². The quantitative estimate of drug-likeness (QED) is 0.602. The fourth-order valence-electron chi connectivity index (χ4n) is 3.89. The Bertz CT molecular complexity index is 887. The minimum Gasteiger partial charge on any atom is -0.379 e. The van der Waals surface area contributed by atoms with Crippen LogP contribution in [0.25, 0.3) is 0 Å². The summed E-state index contributed by atoms with van der Waals surface area (Å²) in [5.41, 5.74) is 1.51. The number of rotatable bonds is 9. The molecule has 3 atom stereocenters. The Kier molecular flexibility index (Phi) is 9.09. The summed E-state index contributed by atoms with van der Waals surface area (Å²) in [6.07, 6.45) is 0.768. The van der Waals surface area contributed by atoms with Crippen molar-refractivity contribution in [3.8, 4) is 0 Å². The third kappa shape index (κ3) is 6.31. The standard InChI is InChI=1S/C25H32ClN3O3/c1-3-18(2)23(28-24(30)19-9-5-4-6-10-19)25(31)27-17-22(29-13-15-32-16-14-29)20-11-7-8-12-21(20)26/h4-12,18,22-23H,3,13-17H2,1-2H3,(H,27,31)(H,28,30). The third-order valence-electron chi connectivity index (χ3n) is 6.04. The predicted molar refractivity (Wildman–Crippen MR) is 127 cm³/mol. The van der Waals surface area contributed by atoms with Crippen LogP contribution in [0.2, 0.25) is 5.02 Å². The van der Waals surface area contributed by atoms with E-state index in [1.54, 1.807) is 12.1 Å². The maximum atomic E-state index is 13.2. The number of hydrogen-bond donors (Lipinski definition) is 2. The van der Waals surface area contributed by atoms with Crippen molar-refractivity contribution in [3.63, 3.8) is 0 Å². The molecule has 1 heterocycles. The van der Waals surface area contributed by atoms with Crippen LogP contribution in [0.4, 0.5) is 0 Å². The predicted octanol–water partition coefficient (Wildman–Crippen LogP) is 3.67. The zero-order valence-corrected chi connectivity index (χ0v) is 19.5. The average molecular weight is 458 g/mol. The van der Waals surface area contributed by atoms with Gasteiger partial charge in [-0.15, -0.1) is 0 Å². The first kappa shape index (κ1) is 24.2. The van der Waals surface area contributed by atoms with Crippen molar-refractivity contribution < 1.29 is 14.3 Å². The van der Waals surface area contributed by atoms with Gasteiger partial charge in [0.2, 0.25) is 5.91 Å². The molecule has 0 aromatic heterocycles. The molecular formula is C25H32ClN3O3. The van der Waals surface area contributed by atoms with Crippen LogP contribution in [0.1, 0.15) is 42.2 Å². The number of halogens is 1. The number of morpholine rings is 1. The molecule has 2 aromatic rings. The van der Waals surface area contributed by atoms with Gasteiger partial charge in [0.25, 0.3) is 5.91 Å². The zero-order valence-electron chi connectivity index (χ0n) is 18.7. The molecule has 7 heteroatoms. The Balaban J connectivity index is 1.73. The summed E-state index contributed by atoms with van der Waals surface area (Å²) in [7, 11) is 0. The van der Waals surface area contributed by atoms with Crippen LogP contribution in [0, 0.1) is 5.92 Å². The molecule has 0 bridgehead atoms. The summed E-state index contributed by atoms with van der Waals surface area (Å²) < 4.78 is 5.50. The minimum absolute atomic E-state index is 0.00943. The second kappa shape index (κ2) is 12.0. The highest BCUT2D eigenvalue weighted by atomic mass is 35.5. The number of hydrogen-bond acceptors (Lipinski definition) is 4. The molecule has 32 heavy (non-hydrogen) atoms. The third-order valence-corrected chi connectivity index (χ3v) is 6.38. The normalized spacial score (nSPS) is 17.2. The number of nitrogens with one attached hydrogen (secondary N) is 2. The summed E-state index contributed by atoms with van der Waals surface area (Å²) in [5.74, 6) is -0.444. The summed E-state index contributed by atoms with van der Waals surface area (Å²) in [6, 6.07) is 16.0. The van der Waals surface area contributed by atoms with Crippen molar-refractivity contribution in [2.24, 2.45) is 5.92 Å². The largest absolute Gasteiger partial charge is 0.379 e. The summed E-state index contributed by atoms with van der Waals surface area (Å²) in [5, 5.41) is 6.69. The van der Waals surface area contributed by atoms with Crippen molar-refractivity contribution in [1.29, 1.82) is 0 Å². The van der Waals surface area contributed by atoms with Crippen molar-refractivity contribution >= 4 is 23.4 Å². The number of nitrogens with zero attached hydrogens (tertiary/aromatic N) is 1. The summed E-state index contributed by atoms with van der Waals surface area (Å²) in [4.78, 5) is 28.2. The number of ether oxygens (including phenoxy) is 1. The van der Waals surface area contributed by atoms with E-state index in [1.807, 2.05) is 56.3 Å². The number of carbonyl (C=O) groups is 2. The van der Waals surface area contributed by atoms with E-state index >= 15 is 0 Å². The molecule has 2 amide bonds. The maximum Gasteiger partial charge on any atom is 0.251 e. The SMILES string of the molecule is CCC(C)C(NC(=O)c1ccccc1)C(=O)NCC(c1ccccc1Cl)N1CCOCC1. The first-order valence-electron chi connectivity index (χ1n) is 11.2. The number of carbonyl (C=O) groups excluding carboxylic acids is 2. The Labute approximate surface area is 195 Å². The lowest BCUT2D eigenvalue weighted by Gasteiger charge is -2.35. The van der Waals surface area contributed by atoms with Gasteiger partial charge >= 0.3 is 0 Å². The topological polar surface area (TPSA) is 70.7 Å². The average Bonchev–Trinajstić information content (AvgIpc) is 2.84. The number of benzene rings is 2. The highest BCUT2D eigenvalue weighted by molar-refractivity contribution is 6.31. The van der Waals surface area contributed by atoms with E-state index in [4.69, 9.17) is 16.3 Å². The van der Waals surface area contributed by atoms with Gasteiger partial charge in [0.15, 0.2) is 0 Å². The van der Waals surface area contributed by atoms with E-state index < -0.39 is 6.04 Å². The van der Waals surface area contributed by atoms with Crippen molar-refractivity contribution in [3.05, 3.63) is 70.7 Å². The van der Waals surface area contributed by atoms with Gasteiger partial charge < -0.3 is 15.4 Å². The van der Waals surface area contributed by atoms with Gasteiger partial charge in [-0.2, -0.15) is 0 Å². The molecule has 1 aliphatic heterocycles. The highest BCUT2D eigenvalue weighted by Gasteiger charge is 2.29. The molecule has 6 nitrogen and oxygen atoms in total. The van der Waals surface area contributed by atoms with Crippen LogP contribution in [-0.4, -0.2) is 55.6 Å². The van der Waals surface area contributed by atoms with Crippen LogP contribution >= 0.6 is 11.6 Å². The maximum absolute atomic E-state index is 13.2. The van der Waals surface area contributed by atoms with Crippen LogP contribution in [-0.2, 0) is 9.53 Å². The van der Waals surface area contributed by atoms with Gasteiger partial charge in [0.05, 0.1) is 19.3 Å². The van der Waals surface area contributed by atoms with Gasteiger partial charge in [0.1, 0.15) is 6.04 Å². The van der Waals surface area contributed by atoms with E-state index in [9.17, 15) is 9.59 Å². The fourth-order valence-corrected chi connectivity index (χ4v) is 4.16. The second-order valence-corrected chi connectivity index (χ2v) is 8.54. The van der Waals surface area contributed by atoms with Crippen LogP contribution in [0.15, 0.2) is 54.6 Å². The van der Waals surface area contributed by atoms with E-state index in [0.29, 0.717) is 30.3 Å². The van der Waals surface area contributed by atoms with E-state index in [0.717, 1.165) is 25.1 Å². The van der Waals surface area contributed by atoms with Gasteiger partial charge in [0, 0.05) is 30.2 Å². The Hall–Kier alpha value is -2.41. The van der Waals surface area contributed by atoms with Crippen molar-refractivity contribution in [2.45, 2.75) is 32.4 Å². The van der Waals surface area contributed by atoms with Crippen molar-refractivity contribution in [1.82, 2.24) is 15.5 Å². The van der Waals surface area contributed by atoms with E-state index in [1.165, 1.54) is 0 Å². The molecule has 2 N–H and O–H groups in total. The molecule has 0 spiro atoms. The van der Waals surface area contributed by atoms with Gasteiger partial charge in [-0.05, 0) is 29.7 Å². The van der Waals surface area contributed by atoms with Gasteiger partial charge in [-0.25, -0.2) is 0 Å². The molecule has 1 aliphatic rings. The van der Waals surface area contributed by atoms with Gasteiger partial charge in [-0.3, -0.25) is 14.5 Å². The lowest BCUT2D eigenvalue weighted by Crippen LogP contribution is -2.52. The Morgan fingerprint density at radius 1 is 1.06 bits per heavy atom.